The van der Waals surface area contributed by atoms with Gasteiger partial charge in [0.15, 0.2) is 5.03 Å². The van der Waals surface area contributed by atoms with Crippen molar-refractivity contribution in [3.05, 3.63) is 11.8 Å². The van der Waals surface area contributed by atoms with Gasteiger partial charge in [-0.2, -0.15) is 18.3 Å². The molecule has 0 atom stereocenters. The number of nitrogens with one attached hydrogen (secondary N) is 3. The first-order valence-electron chi connectivity index (χ1n) is 6.13. The topological polar surface area (TPSA) is 96.1 Å². The van der Waals surface area contributed by atoms with Crippen molar-refractivity contribution in [3.63, 3.8) is 0 Å². The van der Waals surface area contributed by atoms with Gasteiger partial charge in [0.25, 0.3) is 10.0 Å². The minimum atomic E-state index is -4.43. The fourth-order valence-electron chi connectivity index (χ4n) is 1.43. The second-order valence-electron chi connectivity index (χ2n) is 4.07. The number of alkyl halides is 3. The highest BCUT2D eigenvalue weighted by Gasteiger charge is 2.27. The second-order valence-corrected chi connectivity index (χ2v) is 5.77. The molecule has 11 heteroatoms. The molecule has 122 valence electrons. The molecule has 21 heavy (non-hydrogen) atoms. The lowest BCUT2D eigenvalue weighted by molar-refractivity contribution is -0.173. The molecular weight excluding hydrogens is 313 g/mol. The van der Waals surface area contributed by atoms with Crippen molar-refractivity contribution < 1.29 is 26.3 Å². The Kier molecular flexibility index (Phi) is 6.58. The number of nitrogens with zero attached hydrogens (tertiary/aromatic N) is 1. The van der Waals surface area contributed by atoms with E-state index in [1.807, 2.05) is 6.92 Å². The summed E-state index contributed by atoms with van der Waals surface area (Å²) in [7, 11) is -3.86. The number of hydrogen-bond donors (Lipinski definition) is 3. The van der Waals surface area contributed by atoms with Gasteiger partial charge in [-0.25, -0.2) is 13.1 Å². The molecule has 3 N–H and O–H groups in total. The summed E-state index contributed by atoms with van der Waals surface area (Å²) in [5.74, 6) is 0. The van der Waals surface area contributed by atoms with Gasteiger partial charge in [0.2, 0.25) is 0 Å². The highest BCUT2D eigenvalue weighted by Crippen LogP contribution is 2.14. The van der Waals surface area contributed by atoms with E-state index >= 15 is 0 Å². The SMILES string of the molecule is CCNCc1cn[nH]c1S(=O)(=O)NCCOCC(F)(F)F. The van der Waals surface area contributed by atoms with E-state index in [2.05, 4.69) is 25.0 Å². The molecule has 1 rings (SSSR count). The summed E-state index contributed by atoms with van der Waals surface area (Å²) in [4.78, 5) is 0. The van der Waals surface area contributed by atoms with E-state index in [1.54, 1.807) is 0 Å². The highest BCUT2D eigenvalue weighted by atomic mass is 32.2. The Balaban J connectivity index is 2.48. The van der Waals surface area contributed by atoms with Crippen LogP contribution in [0.2, 0.25) is 0 Å². The van der Waals surface area contributed by atoms with Crippen LogP contribution in [0.4, 0.5) is 13.2 Å². The summed E-state index contributed by atoms with van der Waals surface area (Å²) >= 11 is 0. The van der Waals surface area contributed by atoms with Gasteiger partial charge >= 0.3 is 6.18 Å². The molecule has 1 aromatic heterocycles. The lowest BCUT2D eigenvalue weighted by Crippen LogP contribution is -2.30. The molecule has 0 unspecified atom stereocenters. The summed E-state index contributed by atoms with van der Waals surface area (Å²) < 4.78 is 65.8. The van der Waals surface area contributed by atoms with E-state index in [1.165, 1.54) is 6.20 Å². The van der Waals surface area contributed by atoms with Crippen LogP contribution in [-0.2, 0) is 21.3 Å². The minimum Gasteiger partial charge on any atom is -0.371 e. The van der Waals surface area contributed by atoms with Gasteiger partial charge < -0.3 is 10.1 Å². The molecule has 0 aliphatic rings. The van der Waals surface area contributed by atoms with Crippen LogP contribution in [0.1, 0.15) is 12.5 Å². The lowest BCUT2D eigenvalue weighted by atomic mass is 10.3. The molecule has 0 saturated carbocycles. The molecule has 0 aromatic carbocycles. The Morgan fingerprint density at radius 2 is 2.14 bits per heavy atom. The predicted molar refractivity (Wildman–Crippen MR) is 68.0 cm³/mol. The maximum Gasteiger partial charge on any atom is 0.411 e. The van der Waals surface area contributed by atoms with Crippen LogP contribution in [0, 0.1) is 0 Å². The van der Waals surface area contributed by atoms with Crippen LogP contribution in [0.15, 0.2) is 11.2 Å². The van der Waals surface area contributed by atoms with Gasteiger partial charge in [0.1, 0.15) is 6.61 Å². The summed E-state index contributed by atoms with van der Waals surface area (Å²) in [5, 5.41) is 8.86. The molecular formula is C10H17F3N4O3S. The minimum absolute atomic E-state index is 0.112. The van der Waals surface area contributed by atoms with Crippen molar-refractivity contribution in [3.8, 4) is 0 Å². The molecule has 0 amide bonds. The number of aromatic nitrogens is 2. The fourth-order valence-corrected chi connectivity index (χ4v) is 2.57. The average molecular weight is 330 g/mol. The van der Waals surface area contributed by atoms with Crippen LogP contribution < -0.4 is 10.0 Å². The van der Waals surface area contributed by atoms with Crippen LogP contribution in [0.5, 0.6) is 0 Å². The van der Waals surface area contributed by atoms with Crippen LogP contribution in [0.25, 0.3) is 0 Å². The molecule has 0 radical (unpaired) electrons. The third kappa shape index (κ3) is 6.42. The molecule has 0 bridgehead atoms. The largest absolute Gasteiger partial charge is 0.411 e. The number of rotatable bonds is 9. The molecule has 7 nitrogen and oxygen atoms in total. The zero-order chi connectivity index (χ0) is 15.9. The van der Waals surface area contributed by atoms with Gasteiger partial charge in [0, 0.05) is 18.7 Å². The first kappa shape index (κ1) is 17.9. The Morgan fingerprint density at radius 3 is 2.76 bits per heavy atom. The zero-order valence-corrected chi connectivity index (χ0v) is 12.1. The molecule has 0 saturated heterocycles. The van der Waals surface area contributed by atoms with Gasteiger partial charge in [-0.3, -0.25) is 5.10 Å². The molecule has 0 fully saturated rings. The summed E-state index contributed by atoms with van der Waals surface area (Å²) in [6, 6.07) is 0. The smallest absolute Gasteiger partial charge is 0.371 e. The molecule has 0 aliphatic carbocycles. The van der Waals surface area contributed by atoms with Crippen molar-refractivity contribution in [2.45, 2.75) is 24.7 Å². The summed E-state index contributed by atoms with van der Waals surface area (Å²) in [6.45, 7) is 0.777. The maximum atomic E-state index is 11.9. The summed E-state index contributed by atoms with van der Waals surface area (Å²) in [6.07, 6.45) is -3.06. The molecule has 0 aliphatic heterocycles. The van der Waals surface area contributed by atoms with Crippen molar-refractivity contribution in [2.75, 3.05) is 26.3 Å². The number of ether oxygens (including phenoxy) is 1. The predicted octanol–water partition coefficient (Wildman–Crippen LogP) is 0.376. The van der Waals surface area contributed by atoms with E-state index in [0.29, 0.717) is 18.7 Å². The Hall–Kier alpha value is -1.17. The van der Waals surface area contributed by atoms with Gasteiger partial charge in [-0.1, -0.05) is 6.92 Å². The first-order valence-corrected chi connectivity index (χ1v) is 7.61. The van der Waals surface area contributed by atoms with Crippen molar-refractivity contribution in [1.29, 1.82) is 0 Å². The normalized spacial score (nSPS) is 12.8. The van der Waals surface area contributed by atoms with Crippen molar-refractivity contribution >= 4 is 10.0 Å². The van der Waals surface area contributed by atoms with Crippen LogP contribution >= 0.6 is 0 Å². The zero-order valence-electron chi connectivity index (χ0n) is 11.3. The van der Waals surface area contributed by atoms with Crippen molar-refractivity contribution in [1.82, 2.24) is 20.2 Å². The number of aromatic amines is 1. The second kappa shape index (κ2) is 7.73. The first-order chi connectivity index (χ1) is 9.76. The van der Waals surface area contributed by atoms with Crippen molar-refractivity contribution in [2.24, 2.45) is 0 Å². The quantitative estimate of drug-likeness (QED) is 0.569. The molecule has 1 heterocycles. The van der Waals surface area contributed by atoms with E-state index in [-0.39, 0.29) is 18.2 Å². The maximum absolute atomic E-state index is 11.9. The van der Waals surface area contributed by atoms with E-state index in [4.69, 9.17) is 0 Å². The molecule has 1 aromatic rings. The van der Waals surface area contributed by atoms with Gasteiger partial charge in [0.05, 0.1) is 12.8 Å². The highest BCUT2D eigenvalue weighted by molar-refractivity contribution is 7.89. The average Bonchev–Trinajstić information content (AvgIpc) is 2.83. The number of halogens is 3. The third-order valence-electron chi connectivity index (χ3n) is 2.32. The van der Waals surface area contributed by atoms with E-state index < -0.39 is 22.8 Å². The number of sulfonamides is 1. The van der Waals surface area contributed by atoms with Gasteiger partial charge in [-0.05, 0) is 6.54 Å². The molecule has 0 spiro atoms. The van der Waals surface area contributed by atoms with Crippen LogP contribution in [-0.4, -0.2) is 51.1 Å². The Labute approximate surface area is 120 Å². The van der Waals surface area contributed by atoms with Gasteiger partial charge in [-0.15, -0.1) is 0 Å². The summed E-state index contributed by atoms with van der Waals surface area (Å²) in [5.41, 5.74) is 0.445. The standard InChI is InChI=1S/C10H17F3N4O3S/c1-2-14-5-8-6-15-17-9(8)21(18,19)16-3-4-20-7-10(11,12)13/h6,14,16H,2-5,7H2,1H3,(H,15,17). The Bertz CT molecular complexity index is 530. The van der Waals surface area contributed by atoms with E-state index in [0.717, 1.165) is 0 Å². The number of H-pyrrole nitrogens is 1. The van der Waals surface area contributed by atoms with E-state index in [9.17, 15) is 21.6 Å². The third-order valence-corrected chi connectivity index (χ3v) is 3.79. The van der Waals surface area contributed by atoms with Crippen LogP contribution in [0.3, 0.4) is 0 Å². The number of hydrogen-bond acceptors (Lipinski definition) is 5. The fraction of sp³-hybridized carbons (Fsp3) is 0.700. The monoisotopic (exact) mass is 330 g/mol. The lowest BCUT2D eigenvalue weighted by Gasteiger charge is -2.09. The Morgan fingerprint density at radius 1 is 1.43 bits per heavy atom.